The molecule has 2 heterocycles. The first-order chi connectivity index (χ1) is 13.1. The van der Waals surface area contributed by atoms with Crippen molar-refractivity contribution in [3.8, 4) is 5.69 Å². The Hall–Kier alpha value is -2.99. The first kappa shape index (κ1) is 16.2. The van der Waals surface area contributed by atoms with Crippen molar-refractivity contribution in [3.05, 3.63) is 75.8 Å². The smallest absolute Gasteiger partial charge is 0.335 e. The number of hydrogen-bond donors (Lipinski definition) is 1. The zero-order chi connectivity index (χ0) is 18.5. The van der Waals surface area contributed by atoms with Crippen LogP contribution in [0.2, 0.25) is 5.02 Å². The van der Waals surface area contributed by atoms with Crippen LogP contribution >= 0.6 is 11.6 Å². The van der Waals surface area contributed by atoms with Crippen molar-refractivity contribution in [1.82, 2.24) is 14.8 Å². The highest BCUT2D eigenvalue weighted by Crippen LogP contribution is 2.43. The summed E-state index contributed by atoms with van der Waals surface area (Å²) in [4.78, 5) is 16.3. The topological polar surface area (TPSA) is 80.4 Å². The Bertz CT molecular complexity index is 1100. The number of carboxylic acids is 1. The lowest BCUT2D eigenvalue weighted by Crippen LogP contribution is -2.09. The number of fused-ring (bicyclic) bond motifs is 3. The largest absolute Gasteiger partial charge is 0.478 e. The molecule has 0 bridgehead atoms. The first-order valence-electron chi connectivity index (χ1n) is 8.74. The van der Waals surface area contributed by atoms with Crippen molar-refractivity contribution in [1.29, 1.82) is 0 Å². The summed E-state index contributed by atoms with van der Waals surface area (Å²) in [5.74, 6) is 0.968. The van der Waals surface area contributed by atoms with Crippen molar-refractivity contribution < 1.29 is 9.90 Å². The summed E-state index contributed by atoms with van der Waals surface area (Å²) in [5, 5.41) is 18.7. The molecule has 134 valence electrons. The second kappa shape index (κ2) is 6.03. The van der Waals surface area contributed by atoms with Crippen LogP contribution in [0.15, 0.2) is 47.5 Å². The zero-order valence-electron chi connectivity index (χ0n) is 14.2. The van der Waals surface area contributed by atoms with Gasteiger partial charge in [0.2, 0.25) is 0 Å². The van der Waals surface area contributed by atoms with E-state index in [0.29, 0.717) is 16.8 Å². The van der Waals surface area contributed by atoms with Crippen LogP contribution in [-0.2, 0) is 0 Å². The number of aliphatic imine (C=N–C) groups is 1. The number of aromatic nitrogens is 3. The quantitative estimate of drug-likeness (QED) is 0.746. The third-order valence-corrected chi connectivity index (χ3v) is 5.35. The van der Waals surface area contributed by atoms with Crippen molar-refractivity contribution in [3.63, 3.8) is 0 Å². The summed E-state index contributed by atoms with van der Waals surface area (Å²) < 4.78 is 2.00. The fraction of sp³-hybridized carbons (Fsp3) is 0.200. The monoisotopic (exact) mass is 378 g/mol. The molecule has 1 saturated carbocycles. The molecule has 2 aliphatic rings. The average Bonchev–Trinajstić information content (AvgIpc) is 3.45. The van der Waals surface area contributed by atoms with E-state index in [4.69, 9.17) is 16.6 Å². The molecule has 2 aromatic carbocycles. The number of benzene rings is 2. The highest BCUT2D eigenvalue weighted by molar-refractivity contribution is 6.31. The van der Waals surface area contributed by atoms with Crippen LogP contribution < -0.4 is 0 Å². The lowest BCUT2D eigenvalue weighted by atomic mass is 9.95. The second-order valence-electron chi connectivity index (χ2n) is 6.81. The third-order valence-electron chi connectivity index (χ3n) is 5.00. The molecule has 3 aromatic rings. The number of nitrogens with zero attached hydrogens (tertiary/aromatic N) is 4. The number of aromatic carboxylic acids is 1. The highest BCUT2D eigenvalue weighted by Gasteiger charge is 2.33. The van der Waals surface area contributed by atoms with Gasteiger partial charge in [-0.3, -0.25) is 9.56 Å². The van der Waals surface area contributed by atoms with Crippen LogP contribution in [0.1, 0.15) is 57.9 Å². The minimum atomic E-state index is -0.977. The normalized spacial score (nSPS) is 17.9. The molecule has 0 spiro atoms. The lowest BCUT2D eigenvalue weighted by Gasteiger charge is -2.18. The number of rotatable bonds is 3. The summed E-state index contributed by atoms with van der Waals surface area (Å²) in [6, 6.07) is 12.2. The Morgan fingerprint density at radius 2 is 1.93 bits per heavy atom. The Labute approximate surface area is 160 Å². The predicted octanol–water partition coefficient (Wildman–Crippen LogP) is 4.02. The van der Waals surface area contributed by atoms with E-state index >= 15 is 0 Å². The Kier molecular flexibility index (Phi) is 3.62. The van der Waals surface area contributed by atoms with Gasteiger partial charge < -0.3 is 5.11 Å². The summed E-state index contributed by atoms with van der Waals surface area (Å²) in [6.45, 7) is 0. The van der Waals surface area contributed by atoms with Crippen LogP contribution in [-0.4, -0.2) is 32.1 Å². The first-order valence-corrected chi connectivity index (χ1v) is 9.12. The number of carbonyl (C=O) groups is 1. The standard InChI is InChI=1S/C20H15ClN4O2/c21-15-4-2-1-3-13(15)18-14-9-12(20(26)27)7-8-16(14)25-17(10-22-18)23-24-19(25)11-5-6-11/h1-4,7-11,18H,5-6H2,(H,26,27). The van der Waals surface area contributed by atoms with Crippen LogP contribution in [0.25, 0.3) is 5.69 Å². The lowest BCUT2D eigenvalue weighted by molar-refractivity contribution is 0.0697. The van der Waals surface area contributed by atoms with E-state index < -0.39 is 12.0 Å². The zero-order valence-corrected chi connectivity index (χ0v) is 15.0. The Balaban J connectivity index is 1.78. The fourth-order valence-corrected chi connectivity index (χ4v) is 3.76. The molecule has 1 aliphatic heterocycles. The number of carboxylic acid groups (broad SMARTS) is 1. The predicted molar refractivity (Wildman–Crippen MR) is 101 cm³/mol. The average molecular weight is 379 g/mol. The van der Waals surface area contributed by atoms with Gasteiger partial charge in [-0.25, -0.2) is 4.79 Å². The van der Waals surface area contributed by atoms with Gasteiger partial charge in [-0.2, -0.15) is 0 Å². The van der Waals surface area contributed by atoms with Crippen LogP contribution in [0.5, 0.6) is 0 Å². The molecule has 1 aromatic heterocycles. The van der Waals surface area contributed by atoms with Crippen LogP contribution in [0.4, 0.5) is 0 Å². The SMILES string of the molecule is O=C(O)c1ccc2c(c1)C(c1ccccc1Cl)N=Cc1nnc(C3CC3)n1-2. The van der Waals surface area contributed by atoms with Gasteiger partial charge >= 0.3 is 5.97 Å². The molecule has 0 amide bonds. The molecule has 1 unspecified atom stereocenters. The number of halogens is 1. The van der Waals surface area contributed by atoms with Gasteiger partial charge in [0.05, 0.1) is 17.5 Å². The molecule has 5 rings (SSSR count). The summed E-state index contributed by atoms with van der Waals surface area (Å²) >= 11 is 6.43. The molecule has 0 radical (unpaired) electrons. The maximum absolute atomic E-state index is 11.6. The minimum absolute atomic E-state index is 0.213. The van der Waals surface area contributed by atoms with E-state index in [0.717, 1.165) is 35.5 Å². The molecular formula is C20H15ClN4O2. The maximum Gasteiger partial charge on any atom is 0.335 e. The second-order valence-corrected chi connectivity index (χ2v) is 7.21. The number of hydrogen-bond acceptors (Lipinski definition) is 4. The van der Waals surface area contributed by atoms with E-state index in [1.165, 1.54) is 0 Å². The van der Waals surface area contributed by atoms with Crippen molar-refractivity contribution in [2.24, 2.45) is 4.99 Å². The molecule has 1 aliphatic carbocycles. The van der Waals surface area contributed by atoms with Gasteiger partial charge in [-0.15, -0.1) is 10.2 Å². The van der Waals surface area contributed by atoms with Crippen LogP contribution in [0, 0.1) is 0 Å². The Morgan fingerprint density at radius 3 is 2.67 bits per heavy atom. The molecule has 0 saturated heterocycles. The van der Waals surface area contributed by atoms with Crippen molar-refractivity contribution in [2.75, 3.05) is 0 Å². The van der Waals surface area contributed by atoms with E-state index in [2.05, 4.69) is 10.2 Å². The molecule has 27 heavy (non-hydrogen) atoms. The van der Waals surface area contributed by atoms with Gasteiger partial charge in [-0.05, 0) is 42.7 Å². The van der Waals surface area contributed by atoms with Gasteiger partial charge in [0.15, 0.2) is 5.82 Å². The van der Waals surface area contributed by atoms with Gasteiger partial charge in [0, 0.05) is 16.5 Å². The molecule has 7 heteroatoms. The molecule has 6 nitrogen and oxygen atoms in total. The van der Waals surface area contributed by atoms with Crippen molar-refractivity contribution >= 4 is 23.8 Å². The van der Waals surface area contributed by atoms with E-state index in [1.807, 2.05) is 34.9 Å². The highest BCUT2D eigenvalue weighted by atomic mass is 35.5. The summed E-state index contributed by atoms with van der Waals surface area (Å²) in [6.07, 6.45) is 3.88. The minimum Gasteiger partial charge on any atom is -0.478 e. The molecule has 1 N–H and O–H groups in total. The maximum atomic E-state index is 11.6. The van der Waals surface area contributed by atoms with Gasteiger partial charge in [0.25, 0.3) is 0 Å². The molecule has 1 fully saturated rings. The third kappa shape index (κ3) is 2.64. The van der Waals surface area contributed by atoms with Crippen LogP contribution in [0.3, 0.4) is 0 Å². The Morgan fingerprint density at radius 1 is 1.11 bits per heavy atom. The van der Waals surface area contributed by atoms with Gasteiger partial charge in [-0.1, -0.05) is 29.8 Å². The van der Waals surface area contributed by atoms with Gasteiger partial charge in [0.1, 0.15) is 11.9 Å². The fourth-order valence-electron chi connectivity index (χ4n) is 3.52. The van der Waals surface area contributed by atoms with E-state index in [9.17, 15) is 9.90 Å². The summed E-state index contributed by atoms with van der Waals surface area (Å²) in [5.41, 5.74) is 2.67. The summed E-state index contributed by atoms with van der Waals surface area (Å²) in [7, 11) is 0. The van der Waals surface area contributed by atoms with Crippen molar-refractivity contribution in [2.45, 2.75) is 24.8 Å². The van der Waals surface area contributed by atoms with E-state index in [-0.39, 0.29) is 5.56 Å². The van der Waals surface area contributed by atoms with E-state index in [1.54, 1.807) is 18.3 Å². The molecule has 1 atom stereocenters. The molecular weight excluding hydrogens is 364 g/mol.